The highest BCUT2D eigenvalue weighted by Crippen LogP contribution is 2.52. The maximum Gasteiger partial charge on any atom is 0.127 e. The minimum absolute atomic E-state index is 0.297. The van der Waals surface area contributed by atoms with Crippen LogP contribution in [0.15, 0.2) is 17.7 Å². The van der Waals surface area contributed by atoms with Crippen molar-refractivity contribution >= 4 is 5.94 Å². The average molecular weight is 232 g/mol. The van der Waals surface area contributed by atoms with Crippen LogP contribution in [-0.2, 0) is 9.53 Å². The monoisotopic (exact) mass is 232 g/mol. The minimum Gasteiger partial charge on any atom is -0.366 e. The summed E-state index contributed by atoms with van der Waals surface area (Å²) in [6.45, 7) is 2.09. The van der Waals surface area contributed by atoms with E-state index in [1.807, 2.05) is 0 Å². The Labute approximate surface area is 103 Å². The molecule has 17 heavy (non-hydrogen) atoms. The van der Waals surface area contributed by atoms with Gasteiger partial charge in [0, 0.05) is 11.8 Å². The molecular weight excluding hydrogens is 212 g/mol. The Bertz CT molecular complexity index is 386. The first kappa shape index (κ1) is 11.3. The molecule has 0 aromatic rings. The van der Waals surface area contributed by atoms with Gasteiger partial charge in [0.2, 0.25) is 0 Å². The van der Waals surface area contributed by atoms with Crippen LogP contribution in [0.2, 0.25) is 0 Å². The molecule has 3 rings (SSSR count). The van der Waals surface area contributed by atoms with Crippen LogP contribution >= 0.6 is 0 Å². The summed E-state index contributed by atoms with van der Waals surface area (Å²) in [5.74, 6) is 2.86. The van der Waals surface area contributed by atoms with Gasteiger partial charge in [-0.1, -0.05) is 31.4 Å². The Hall–Kier alpha value is -0.850. The molecule has 0 aliphatic heterocycles. The van der Waals surface area contributed by atoms with E-state index in [1.54, 1.807) is 0 Å². The molecular formula is C15H20O2. The first-order valence-electron chi connectivity index (χ1n) is 6.85. The Morgan fingerprint density at radius 1 is 1.29 bits per heavy atom. The molecule has 3 atom stereocenters. The van der Waals surface area contributed by atoms with Crippen LogP contribution in [0.3, 0.4) is 0 Å². The molecule has 0 N–H and O–H groups in total. The molecule has 0 saturated heterocycles. The lowest BCUT2D eigenvalue weighted by Gasteiger charge is -2.37. The van der Waals surface area contributed by atoms with Crippen molar-refractivity contribution in [3.05, 3.63) is 17.7 Å². The third-order valence-electron chi connectivity index (χ3n) is 4.77. The fraction of sp³-hybridized carbons (Fsp3) is 0.733. The van der Waals surface area contributed by atoms with Crippen molar-refractivity contribution in [2.24, 2.45) is 11.8 Å². The van der Waals surface area contributed by atoms with E-state index >= 15 is 0 Å². The van der Waals surface area contributed by atoms with Crippen molar-refractivity contribution in [2.75, 3.05) is 0 Å². The zero-order chi connectivity index (χ0) is 11.9. The molecule has 0 aromatic carbocycles. The molecule has 0 spiro atoms. The summed E-state index contributed by atoms with van der Waals surface area (Å²) in [6.07, 6.45) is 12.0. The van der Waals surface area contributed by atoms with E-state index in [0.717, 1.165) is 24.8 Å². The van der Waals surface area contributed by atoms with E-state index in [2.05, 4.69) is 25.0 Å². The average Bonchev–Trinajstić information content (AvgIpc) is 2.89. The van der Waals surface area contributed by atoms with Crippen LogP contribution in [-0.4, -0.2) is 17.6 Å². The highest BCUT2D eigenvalue weighted by molar-refractivity contribution is 5.62. The standard InChI is InChI=1S/C15H20O2/c1-15(17-13-5-3-2-4-6-13)12-8-7-11(9-12)14(15)10-16/h7-8,11-13H,2-6,9H2,1H3. The van der Waals surface area contributed by atoms with E-state index < -0.39 is 0 Å². The van der Waals surface area contributed by atoms with Crippen LogP contribution in [0.5, 0.6) is 0 Å². The number of ether oxygens (including phenoxy) is 1. The minimum atomic E-state index is -0.358. The normalized spacial score (nSPS) is 40.9. The molecule has 0 heterocycles. The summed E-state index contributed by atoms with van der Waals surface area (Å²) in [5.41, 5.74) is 0.499. The zero-order valence-corrected chi connectivity index (χ0v) is 10.4. The molecule has 0 radical (unpaired) electrons. The molecule has 2 fully saturated rings. The quantitative estimate of drug-likeness (QED) is 0.540. The van der Waals surface area contributed by atoms with Crippen molar-refractivity contribution in [1.82, 2.24) is 0 Å². The van der Waals surface area contributed by atoms with Gasteiger partial charge in [-0.2, -0.15) is 0 Å². The highest BCUT2D eigenvalue weighted by Gasteiger charge is 2.52. The number of fused-ring (bicyclic) bond motifs is 2. The van der Waals surface area contributed by atoms with E-state index in [0.29, 0.717) is 17.9 Å². The van der Waals surface area contributed by atoms with E-state index in [1.165, 1.54) is 19.3 Å². The molecule has 2 bridgehead atoms. The zero-order valence-electron chi connectivity index (χ0n) is 10.4. The van der Waals surface area contributed by atoms with E-state index in [9.17, 15) is 4.79 Å². The van der Waals surface area contributed by atoms with Crippen molar-refractivity contribution in [2.45, 2.75) is 57.2 Å². The number of hydrogen-bond acceptors (Lipinski definition) is 2. The Morgan fingerprint density at radius 3 is 2.76 bits per heavy atom. The topological polar surface area (TPSA) is 26.3 Å². The molecule has 92 valence electrons. The Balaban J connectivity index is 1.80. The van der Waals surface area contributed by atoms with Gasteiger partial charge in [-0.05, 0) is 26.2 Å². The summed E-state index contributed by atoms with van der Waals surface area (Å²) in [6, 6.07) is 0. The lowest BCUT2D eigenvalue weighted by molar-refractivity contribution is -0.0853. The summed E-state index contributed by atoms with van der Waals surface area (Å²) in [4.78, 5) is 11.2. The van der Waals surface area contributed by atoms with Crippen LogP contribution in [0, 0.1) is 11.8 Å². The molecule has 3 aliphatic carbocycles. The molecule has 0 amide bonds. The van der Waals surface area contributed by atoms with Crippen LogP contribution in [0.25, 0.3) is 0 Å². The smallest absolute Gasteiger partial charge is 0.127 e. The number of hydrogen-bond donors (Lipinski definition) is 0. The molecule has 0 aromatic heterocycles. The molecule has 2 heteroatoms. The second-order valence-corrected chi connectivity index (χ2v) is 5.83. The van der Waals surface area contributed by atoms with Crippen LogP contribution in [0.1, 0.15) is 45.4 Å². The fourth-order valence-electron chi connectivity index (χ4n) is 3.75. The van der Waals surface area contributed by atoms with Gasteiger partial charge in [0.05, 0.1) is 11.7 Å². The molecule has 3 unspecified atom stereocenters. The first-order valence-corrected chi connectivity index (χ1v) is 6.85. The van der Waals surface area contributed by atoms with Gasteiger partial charge >= 0.3 is 0 Å². The maximum atomic E-state index is 11.2. The second-order valence-electron chi connectivity index (χ2n) is 5.83. The van der Waals surface area contributed by atoms with Gasteiger partial charge in [0.15, 0.2) is 0 Å². The maximum absolute atomic E-state index is 11.2. The van der Waals surface area contributed by atoms with Gasteiger partial charge in [0.25, 0.3) is 0 Å². The Morgan fingerprint density at radius 2 is 2.06 bits per heavy atom. The predicted octanol–water partition coefficient (Wildman–Crippen LogP) is 3.06. The van der Waals surface area contributed by atoms with Gasteiger partial charge < -0.3 is 4.74 Å². The summed E-state index contributed by atoms with van der Waals surface area (Å²) < 4.78 is 6.33. The third kappa shape index (κ3) is 1.71. The molecule has 2 saturated carbocycles. The number of carbonyl (C=O) groups excluding carboxylic acids is 1. The van der Waals surface area contributed by atoms with E-state index in [4.69, 9.17) is 4.74 Å². The largest absolute Gasteiger partial charge is 0.366 e. The Kier molecular flexibility index (Phi) is 2.72. The molecule has 3 aliphatic rings. The van der Waals surface area contributed by atoms with Crippen LogP contribution < -0.4 is 0 Å². The first-order chi connectivity index (χ1) is 8.24. The van der Waals surface area contributed by atoms with Gasteiger partial charge in [-0.3, -0.25) is 0 Å². The van der Waals surface area contributed by atoms with Crippen molar-refractivity contribution in [3.8, 4) is 0 Å². The van der Waals surface area contributed by atoms with Crippen molar-refractivity contribution < 1.29 is 9.53 Å². The van der Waals surface area contributed by atoms with Crippen molar-refractivity contribution in [1.29, 1.82) is 0 Å². The SMILES string of the molecule is CC1(OC2CCCCC2)C(=C=O)C2C=CC1C2. The van der Waals surface area contributed by atoms with E-state index in [-0.39, 0.29) is 5.60 Å². The molecule has 2 nitrogen and oxygen atoms in total. The third-order valence-corrected chi connectivity index (χ3v) is 4.77. The van der Waals surface area contributed by atoms with Gasteiger partial charge in [0.1, 0.15) is 11.5 Å². The summed E-state index contributed by atoms with van der Waals surface area (Å²) >= 11 is 0. The van der Waals surface area contributed by atoms with Crippen LogP contribution in [0.4, 0.5) is 0 Å². The highest BCUT2D eigenvalue weighted by atomic mass is 16.5. The lowest BCUT2D eigenvalue weighted by atomic mass is 9.85. The van der Waals surface area contributed by atoms with Gasteiger partial charge in [-0.15, -0.1) is 0 Å². The van der Waals surface area contributed by atoms with Crippen molar-refractivity contribution in [3.63, 3.8) is 0 Å². The second kappa shape index (κ2) is 4.12. The number of allylic oxidation sites excluding steroid dienone is 1. The fourth-order valence-corrected chi connectivity index (χ4v) is 3.75. The summed E-state index contributed by atoms with van der Waals surface area (Å²) in [7, 11) is 0. The lowest BCUT2D eigenvalue weighted by Crippen LogP contribution is -2.40. The van der Waals surface area contributed by atoms with Gasteiger partial charge in [-0.25, -0.2) is 4.79 Å². The predicted molar refractivity (Wildman–Crippen MR) is 66.3 cm³/mol. The number of rotatable bonds is 2. The summed E-state index contributed by atoms with van der Waals surface area (Å²) in [5, 5.41) is 0.